The van der Waals surface area contributed by atoms with Crippen molar-refractivity contribution in [2.75, 3.05) is 39.3 Å². The highest BCUT2D eigenvalue weighted by Gasteiger charge is 2.08. The number of anilines is 1. The maximum atomic E-state index is 5.63. The molecule has 0 saturated carbocycles. The molecule has 0 saturated heterocycles. The van der Waals surface area contributed by atoms with Crippen LogP contribution in [0.3, 0.4) is 0 Å². The monoisotopic (exact) mass is 283 g/mol. The van der Waals surface area contributed by atoms with Crippen molar-refractivity contribution in [3.05, 3.63) is 11.4 Å². The summed E-state index contributed by atoms with van der Waals surface area (Å²) in [6, 6.07) is 1.92. The molecular weight excluding hydrogens is 266 g/mol. The highest BCUT2D eigenvalue weighted by atomic mass is 32.1. The van der Waals surface area contributed by atoms with Crippen molar-refractivity contribution in [2.24, 2.45) is 0 Å². The summed E-state index contributed by atoms with van der Waals surface area (Å²) >= 11 is 1.51. The zero-order valence-corrected chi connectivity index (χ0v) is 11.6. The molecule has 0 atom stereocenters. The van der Waals surface area contributed by atoms with E-state index in [1.54, 1.807) is 7.11 Å². The lowest BCUT2D eigenvalue weighted by molar-refractivity contribution is 0.0800. The second-order valence-electron chi connectivity index (χ2n) is 3.83. The first kappa shape index (κ1) is 14.0. The predicted octanol–water partition coefficient (Wildman–Crippen LogP) is 1.71. The fourth-order valence-electron chi connectivity index (χ4n) is 1.56. The van der Waals surface area contributed by atoms with Gasteiger partial charge in [-0.3, -0.25) is 0 Å². The topological polar surface area (TPSA) is 79.5 Å². The van der Waals surface area contributed by atoms with E-state index in [2.05, 4.69) is 9.97 Å². The molecule has 0 bridgehead atoms. The van der Waals surface area contributed by atoms with Gasteiger partial charge in [0.2, 0.25) is 11.8 Å². The van der Waals surface area contributed by atoms with Crippen LogP contribution in [0.15, 0.2) is 11.4 Å². The second-order valence-corrected chi connectivity index (χ2v) is 4.73. The SMILES string of the molecule is COCCCOCCOc1nc(N)nc2sccc12. The molecule has 0 fully saturated rings. The lowest BCUT2D eigenvalue weighted by Gasteiger charge is -2.07. The number of nitrogens with two attached hydrogens (primary N) is 1. The van der Waals surface area contributed by atoms with E-state index < -0.39 is 0 Å². The Labute approximate surface area is 115 Å². The average molecular weight is 283 g/mol. The second kappa shape index (κ2) is 7.22. The van der Waals surface area contributed by atoms with Crippen LogP contribution in [0.5, 0.6) is 5.88 Å². The molecule has 7 heteroatoms. The molecule has 2 N–H and O–H groups in total. The van der Waals surface area contributed by atoms with Gasteiger partial charge in [0.25, 0.3) is 0 Å². The molecule has 19 heavy (non-hydrogen) atoms. The fourth-order valence-corrected chi connectivity index (χ4v) is 2.32. The summed E-state index contributed by atoms with van der Waals surface area (Å²) in [4.78, 5) is 9.07. The lowest BCUT2D eigenvalue weighted by atomic mass is 10.4. The van der Waals surface area contributed by atoms with E-state index in [0.717, 1.165) is 16.6 Å². The Balaban J connectivity index is 1.79. The number of rotatable bonds is 8. The minimum absolute atomic E-state index is 0.228. The van der Waals surface area contributed by atoms with Crippen LogP contribution in [-0.2, 0) is 9.47 Å². The van der Waals surface area contributed by atoms with Gasteiger partial charge in [-0.2, -0.15) is 4.98 Å². The molecule has 0 unspecified atom stereocenters. The van der Waals surface area contributed by atoms with Crippen LogP contribution in [0.2, 0.25) is 0 Å². The maximum Gasteiger partial charge on any atom is 0.227 e. The minimum atomic E-state index is 0.228. The summed E-state index contributed by atoms with van der Waals surface area (Å²) in [5.41, 5.74) is 5.63. The first-order chi connectivity index (χ1) is 9.31. The van der Waals surface area contributed by atoms with Gasteiger partial charge in [0, 0.05) is 20.3 Å². The number of methoxy groups -OCH3 is 1. The van der Waals surface area contributed by atoms with Gasteiger partial charge < -0.3 is 19.9 Å². The van der Waals surface area contributed by atoms with Crippen molar-refractivity contribution >= 4 is 27.5 Å². The third-order valence-corrected chi connectivity index (χ3v) is 3.22. The zero-order valence-electron chi connectivity index (χ0n) is 10.8. The van der Waals surface area contributed by atoms with E-state index in [1.165, 1.54) is 11.3 Å². The fraction of sp³-hybridized carbons (Fsp3) is 0.500. The number of hydrogen-bond donors (Lipinski definition) is 1. The first-order valence-electron chi connectivity index (χ1n) is 6.01. The van der Waals surface area contributed by atoms with Gasteiger partial charge in [0.1, 0.15) is 11.4 Å². The summed E-state index contributed by atoms with van der Waals surface area (Å²) in [7, 11) is 1.68. The van der Waals surface area contributed by atoms with Crippen LogP contribution in [0.25, 0.3) is 10.2 Å². The zero-order chi connectivity index (χ0) is 13.5. The van der Waals surface area contributed by atoms with E-state index >= 15 is 0 Å². The van der Waals surface area contributed by atoms with Crippen LogP contribution < -0.4 is 10.5 Å². The van der Waals surface area contributed by atoms with Gasteiger partial charge in [0.15, 0.2) is 0 Å². The molecule has 6 nitrogen and oxygen atoms in total. The van der Waals surface area contributed by atoms with Crippen molar-refractivity contribution in [1.29, 1.82) is 0 Å². The summed E-state index contributed by atoms with van der Waals surface area (Å²) in [6.07, 6.45) is 0.881. The molecule has 0 aliphatic heterocycles. The highest BCUT2D eigenvalue weighted by Crippen LogP contribution is 2.27. The number of nitrogen functional groups attached to an aromatic ring is 1. The minimum Gasteiger partial charge on any atom is -0.475 e. The molecule has 0 aromatic carbocycles. The largest absolute Gasteiger partial charge is 0.475 e. The van der Waals surface area contributed by atoms with Gasteiger partial charge >= 0.3 is 0 Å². The van der Waals surface area contributed by atoms with Gasteiger partial charge in [-0.05, 0) is 17.9 Å². The molecule has 0 amide bonds. The number of ether oxygens (including phenoxy) is 3. The number of thiophene rings is 1. The van der Waals surface area contributed by atoms with E-state index in [0.29, 0.717) is 32.3 Å². The van der Waals surface area contributed by atoms with Crippen LogP contribution in [-0.4, -0.2) is 43.5 Å². The molecular formula is C12H17N3O3S. The summed E-state index contributed by atoms with van der Waals surface area (Å²) in [5, 5.41) is 2.82. The molecule has 2 aromatic rings. The summed E-state index contributed by atoms with van der Waals surface area (Å²) < 4.78 is 15.9. The quantitative estimate of drug-likeness (QED) is 0.743. The Hall–Kier alpha value is -1.44. The molecule has 2 heterocycles. The van der Waals surface area contributed by atoms with Crippen LogP contribution in [0, 0.1) is 0 Å². The predicted molar refractivity (Wildman–Crippen MR) is 74.6 cm³/mol. The smallest absolute Gasteiger partial charge is 0.227 e. The van der Waals surface area contributed by atoms with Crippen molar-refractivity contribution < 1.29 is 14.2 Å². The van der Waals surface area contributed by atoms with Crippen molar-refractivity contribution in [1.82, 2.24) is 9.97 Å². The lowest BCUT2D eigenvalue weighted by Crippen LogP contribution is -2.10. The van der Waals surface area contributed by atoms with Crippen molar-refractivity contribution in [2.45, 2.75) is 6.42 Å². The Kier molecular flexibility index (Phi) is 5.31. The van der Waals surface area contributed by atoms with E-state index in [4.69, 9.17) is 19.9 Å². The molecule has 0 radical (unpaired) electrons. The summed E-state index contributed by atoms with van der Waals surface area (Å²) in [6.45, 7) is 2.32. The number of fused-ring (bicyclic) bond motifs is 1. The van der Waals surface area contributed by atoms with E-state index in [9.17, 15) is 0 Å². The van der Waals surface area contributed by atoms with Gasteiger partial charge in [-0.15, -0.1) is 11.3 Å². The third-order valence-electron chi connectivity index (χ3n) is 2.41. The Bertz CT molecular complexity index is 518. The average Bonchev–Trinajstić information content (AvgIpc) is 2.85. The van der Waals surface area contributed by atoms with E-state index in [-0.39, 0.29) is 5.95 Å². The van der Waals surface area contributed by atoms with Crippen molar-refractivity contribution in [3.8, 4) is 5.88 Å². The Morgan fingerprint density at radius 2 is 2.11 bits per heavy atom. The Morgan fingerprint density at radius 1 is 1.21 bits per heavy atom. The van der Waals surface area contributed by atoms with Crippen LogP contribution >= 0.6 is 11.3 Å². The standard InChI is InChI=1S/C12H17N3O3S/c1-16-4-2-5-17-6-7-18-10-9-3-8-19-11(9)15-12(13)14-10/h3,8H,2,4-7H2,1H3,(H2,13,14,15). The maximum absolute atomic E-state index is 5.63. The Morgan fingerprint density at radius 3 is 2.95 bits per heavy atom. The summed E-state index contributed by atoms with van der Waals surface area (Å²) in [5.74, 6) is 0.746. The molecule has 2 aromatic heterocycles. The van der Waals surface area contributed by atoms with Crippen LogP contribution in [0.4, 0.5) is 5.95 Å². The number of nitrogens with zero attached hydrogens (tertiary/aromatic N) is 2. The third kappa shape index (κ3) is 4.02. The molecule has 104 valence electrons. The molecule has 0 aliphatic rings. The highest BCUT2D eigenvalue weighted by molar-refractivity contribution is 7.16. The van der Waals surface area contributed by atoms with Crippen LogP contribution in [0.1, 0.15) is 6.42 Å². The number of hydrogen-bond acceptors (Lipinski definition) is 7. The normalized spacial score (nSPS) is 11.0. The molecule has 0 spiro atoms. The molecule has 0 aliphatic carbocycles. The number of aromatic nitrogens is 2. The van der Waals surface area contributed by atoms with Crippen molar-refractivity contribution in [3.63, 3.8) is 0 Å². The first-order valence-corrected chi connectivity index (χ1v) is 6.89. The van der Waals surface area contributed by atoms with Gasteiger partial charge in [0.05, 0.1) is 12.0 Å². The van der Waals surface area contributed by atoms with Gasteiger partial charge in [-0.25, -0.2) is 4.98 Å². The molecule has 2 rings (SSSR count). The van der Waals surface area contributed by atoms with Gasteiger partial charge in [-0.1, -0.05) is 0 Å². The van der Waals surface area contributed by atoms with E-state index in [1.807, 2.05) is 11.4 Å².